The van der Waals surface area contributed by atoms with Crippen molar-refractivity contribution in [2.45, 2.75) is 44.7 Å². The molecule has 0 radical (unpaired) electrons. The molecule has 1 heterocycles. The van der Waals surface area contributed by atoms with Gasteiger partial charge in [0.15, 0.2) is 0 Å². The Hall–Kier alpha value is -1.82. The van der Waals surface area contributed by atoms with Crippen molar-refractivity contribution < 1.29 is 18.7 Å². The number of ether oxygens (including phenoxy) is 1. The van der Waals surface area contributed by atoms with Crippen molar-refractivity contribution in [3.63, 3.8) is 0 Å². The molecule has 2 unspecified atom stereocenters. The van der Waals surface area contributed by atoms with Gasteiger partial charge in [-0.15, -0.1) is 0 Å². The van der Waals surface area contributed by atoms with Gasteiger partial charge in [0.05, 0.1) is 19.6 Å². The lowest BCUT2D eigenvalue weighted by atomic mass is 9.74. The van der Waals surface area contributed by atoms with E-state index in [4.69, 9.17) is 10.2 Å². The van der Waals surface area contributed by atoms with Gasteiger partial charge in [0, 0.05) is 5.54 Å². The Kier molecular flexibility index (Phi) is 4.67. The highest BCUT2D eigenvalue weighted by Gasteiger charge is 2.37. The van der Waals surface area contributed by atoms with E-state index in [0.29, 0.717) is 5.76 Å². The minimum atomic E-state index is -0.533. The summed E-state index contributed by atoms with van der Waals surface area (Å²) in [6.45, 7) is 2.17. The van der Waals surface area contributed by atoms with Crippen LogP contribution in [0, 0.1) is 5.92 Å². The Labute approximate surface area is 124 Å². The quantitative estimate of drug-likeness (QED) is 0.822. The van der Waals surface area contributed by atoms with Crippen LogP contribution in [0.2, 0.25) is 0 Å². The van der Waals surface area contributed by atoms with Gasteiger partial charge in [0.1, 0.15) is 5.76 Å². The zero-order chi connectivity index (χ0) is 15.5. The molecule has 6 nitrogen and oxygen atoms in total. The number of nitrogens with one attached hydrogen (secondary N) is 1. The number of nitrogens with two attached hydrogens (primary N) is 1. The van der Waals surface area contributed by atoms with Crippen molar-refractivity contribution in [1.29, 1.82) is 0 Å². The van der Waals surface area contributed by atoms with E-state index in [1.165, 1.54) is 13.2 Å². The molecule has 1 fully saturated rings. The molecule has 0 bridgehead atoms. The summed E-state index contributed by atoms with van der Waals surface area (Å²) >= 11 is 0. The number of carbonyl (C=O) groups is 2. The van der Waals surface area contributed by atoms with Crippen LogP contribution >= 0.6 is 0 Å². The molecular formula is C15H22N2O4. The van der Waals surface area contributed by atoms with Crippen LogP contribution in [0.15, 0.2) is 16.5 Å². The second-order valence-electron chi connectivity index (χ2n) is 5.78. The monoisotopic (exact) mass is 294 g/mol. The van der Waals surface area contributed by atoms with Gasteiger partial charge >= 0.3 is 5.97 Å². The maximum Gasteiger partial charge on any atom is 0.373 e. The van der Waals surface area contributed by atoms with E-state index in [1.54, 1.807) is 6.07 Å². The average molecular weight is 294 g/mol. The normalized spacial score (nSPS) is 25.4. The van der Waals surface area contributed by atoms with Crippen molar-refractivity contribution >= 4 is 11.9 Å². The van der Waals surface area contributed by atoms with Gasteiger partial charge in [-0.3, -0.25) is 4.79 Å². The van der Waals surface area contributed by atoms with Crippen molar-refractivity contribution in [2.24, 2.45) is 11.7 Å². The number of rotatable bonds is 4. The topological polar surface area (TPSA) is 94.6 Å². The van der Waals surface area contributed by atoms with Gasteiger partial charge in [-0.1, -0.05) is 12.8 Å². The summed E-state index contributed by atoms with van der Waals surface area (Å²) < 4.78 is 9.87. The molecular weight excluding hydrogens is 272 g/mol. The molecule has 6 heteroatoms. The van der Waals surface area contributed by atoms with Crippen molar-refractivity contribution in [3.05, 3.63) is 23.7 Å². The number of methoxy groups -OCH3 is 1. The van der Waals surface area contributed by atoms with Crippen LogP contribution in [-0.4, -0.2) is 24.5 Å². The first-order valence-electron chi connectivity index (χ1n) is 7.17. The molecule has 1 saturated carbocycles. The Balaban J connectivity index is 1.91. The van der Waals surface area contributed by atoms with Crippen LogP contribution in [0.5, 0.6) is 0 Å². The largest absolute Gasteiger partial charge is 0.463 e. The molecule has 2 rings (SSSR count). The first-order valence-corrected chi connectivity index (χ1v) is 7.17. The van der Waals surface area contributed by atoms with Gasteiger partial charge in [0.2, 0.25) is 11.7 Å². The van der Waals surface area contributed by atoms with Crippen LogP contribution in [0.1, 0.15) is 48.9 Å². The summed E-state index contributed by atoms with van der Waals surface area (Å²) in [5, 5.41) is 2.83. The number of amides is 1. The van der Waals surface area contributed by atoms with Crippen LogP contribution < -0.4 is 11.1 Å². The number of carbonyl (C=O) groups excluding carboxylic acids is 2. The number of esters is 1. The second kappa shape index (κ2) is 6.30. The van der Waals surface area contributed by atoms with Gasteiger partial charge in [-0.25, -0.2) is 4.79 Å². The standard InChI is InChI=1S/C15H22N2O4/c1-15(16)8-4-3-5-11(15)13(18)17-9-10-6-7-12(21-10)14(19)20-2/h6-7,11H,3-5,8-9,16H2,1-2H3,(H,17,18). The molecule has 1 aromatic heterocycles. The maximum atomic E-state index is 12.3. The first kappa shape index (κ1) is 15.6. The van der Waals surface area contributed by atoms with Crippen molar-refractivity contribution in [2.75, 3.05) is 7.11 Å². The fourth-order valence-corrected chi connectivity index (χ4v) is 2.77. The van der Waals surface area contributed by atoms with Crippen LogP contribution in [0.3, 0.4) is 0 Å². The van der Waals surface area contributed by atoms with E-state index >= 15 is 0 Å². The van der Waals surface area contributed by atoms with Crippen LogP contribution in [0.25, 0.3) is 0 Å². The van der Waals surface area contributed by atoms with Gasteiger partial charge in [0.25, 0.3) is 0 Å². The van der Waals surface area contributed by atoms with E-state index in [2.05, 4.69) is 10.1 Å². The number of furan rings is 1. The molecule has 1 aliphatic carbocycles. The Morgan fingerprint density at radius 1 is 1.48 bits per heavy atom. The second-order valence-corrected chi connectivity index (χ2v) is 5.78. The lowest BCUT2D eigenvalue weighted by molar-refractivity contribution is -0.128. The third-order valence-electron chi connectivity index (χ3n) is 4.06. The van der Waals surface area contributed by atoms with Gasteiger partial charge in [-0.2, -0.15) is 0 Å². The summed E-state index contributed by atoms with van der Waals surface area (Å²) in [6, 6.07) is 3.18. The molecule has 116 valence electrons. The zero-order valence-corrected chi connectivity index (χ0v) is 12.5. The smallest absolute Gasteiger partial charge is 0.373 e. The highest BCUT2D eigenvalue weighted by molar-refractivity contribution is 5.86. The summed E-state index contributed by atoms with van der Waals surface area (Å²) in [5.41, 5.74) is 5.75. The molecule has 0 spiro atoms. The van der Waals surface area contributed by atoms with E-state index in [1.807, 2.05) is 6.92 Å². The van der Waals surface area contributed by atoms with E-state index in [-0.39, 0.29) is 24.1 Å². The fraction of sp³-hybridized carbons (Fsp3) is 0.600. The predicted octanol–water partition coefficient (Wildman–Crippen LogP) is 1.59. The third kappa shape index (κ3) is 3.64. The highest BCUT2D eigenvalue weighted by atomic mass is 16.5. The Morgan fingerprint density at radius 3 is 2.90 bits per heavy atom. The first-order chi connectivity index (χ1) is 9.94. The zero-order valence-electron chi connectivity index (χ0n) is 12.5. The summed E-state index contributed by atoms with van der Waals surface area (Å²) in [5.74, 6) is -0.132. The summed E-state index contributed by atoms with van der Waals surface area (Å²) in [6.07, 6.45) is 3.76. The van der Waals surface area contributed by atoms with Crippen molar-refractivity contribution in [1.82, 2.24) is 5.32 Å². The Morgan fingerprint density at radius 2 is 2.24 bits per heavy atom. The lowest BCUT2D eigenvalue weighted by Gasteiger charge is -2.37. The molecule has 2 atom stereocenters. The molecule has 21 heavy (non-hydrogen) atoms. The minimum absolute atomic E-state index is 0.0595. The summed E-state index contributed by atoms with van der Waals surface area (Å²) in [7, 11) is 1.29. The summed E-state index contributed by atoms with van der Waals surface area (Å²) in [4.78, 5) is 23.5. The van der Waals surface area contributed by atoms with Crippen molar-refractivity contribution in [3.8, 4) is 0 Å². The van der Waals surface area contributed by atoms with E-state index in [0.717, 1.165) is 25.7 Å². The Bertz CT molecular complexity index is 521. The molecule has 0 aromatic carbocycles. The van der Waals surface area contributed by atoms with Gasteiger partial charge in [-0.05, 0) is 31.9 Å². The molecule has 1 aromatic rings. The van der Waals surface area contributed by atoms with Gasteiger partial charge < -0.3 is 20.2 Å². The van der Waals surface area contributed by atoms with E-state index < -0.39 is 11.5 Å². The molecule has 0 aliphatic heterocycles. The van der Waals surface area contributed by atoms with E-state index in [9.17, 15) is 9.59 Å². The third-order valence-corrected chi connectivity index (χ3v) is 4.06. The lowest BCUT2D eigenvalue weighted by Crippen LogP contribution is -2.52. The maximum absolute atomic E-state index is 12.3. The average Bonchev–Trinajstić information content (AvgIpc) is 2.92. The number of hydrogen-bond acceptors (Lipinski definition) is 5. The molecule has 1 amide bonds. The minimum Gasteiger partial charge on any atom is -0.463 e. The molecule has 0 saturated heterocycles. The molecule has 3 N–H and O–H groups in total. The van der Waals surface area contributed by atoms with Crippen LogP contribution in [0.4, 0.5) is 0 Å². The molecule has 1 aliphatic rings. The highest BCUT2D eigenvalue weighted by Crippen LogP contribution is 2.31. The predicted molar refractivity (Wildman–Crippen MR) is 76.4 cm³/mol. The van der Waals surface area contributed by atoms with Crippen LogP contribution in [-0.2, 0) is 16.1 Å². The number of hydrogen-bond donors (Lipinski definition) is 2. The SMILES string of the molecule is COC(=O)c1ccc(CNC(=O)C2CCCCC2(C)N)o1. The fourth-order valence-electron chi connectivity index (χ4n) is 2.77.